The Morgan fingerprint density at radius 1 is 1.00 bits per heavy atom. The van der Waals surface area contributed by atoms with Crippen LogP contribution in [0.1, 0.15) is 77.3 Å². The van der Waals surface area contributed by atoms with Crippen LogP contribution in [0.3, 0.4) is 0 Å². The maximum Gasteiger partial charge on any atom is 0.421 e. The fourth-order valence-corrected chi connectivity index (χ4v) is 5.30. The highest BCUT2D eigenvalue weighted by Crippen LogP contribution is 2.48. The number of ether oxygens (including phenoxy) is 1. The van der Waals surface area contributed by atoms with Crippen molar-refractivity contribution in [2.24, 2.45) is 0 Å². The van der Waals surface area contributed by atoms with E-state index in [2.05, 4.69) is 0 Å². The summed E-state index contributed by atoms with van der Waals surface area (Å²) in [6, 6.07) is 12.5. The van der Waals surface area contributed by atoms with Gasteiger partial charge in [0.05, 0.1) is 5.56 Å². The molecular formula is C26H26F3NO4. The van der Waals surface area contributed by atoms with Crippen molar-refractivity contribution in [2.45, 2.75) is 74.9 Å². The van der Waals surface area contributed by atoms with Crippen LogP contribution in [-0.2, 0) is 15.9 Å². The molecular weight excluding hydrogens is 447 g/mol. The molecule has 1 atom stereocenters. The number of amides is 1. The van der Waals surface area contributed by atoms with Gasteiger partial charge in [-0.3, -0.25) is 4.79 Å². The second kappa shape index (κ2) is 7.83. The third kappa shape index (κ3) is 3.68. The summed E-state index contributed by atoms with van der Waals surface area (Å²) in [6.07, 6.45) is -0.457. The summed E-state index contributed by atoms with van der Waals surface area (Å²) in [5.41, 5.74) is -2.13. The van der Waals surface area contributed by atoms with Crippen LogP contribution in [0.5, 0.6) is 0 Å². The minimum Gasteiger partial charge on any atom is -0.451 e. The SMILES string of the molecule is C[C@](O)(c1ccc(C(=O)N(C2CC2)C2CCC3(CC2)OC(=O)c2ccccc23)cc1)C(F)(F)F. The first-order chi connectivity index (χ1) is 16.0. The Kier molecular flexibility index (Phi) is 5.28. The van der Waals surface area contributed by atoms with Crippen molar-refractivity contribution in [1.82, 2.24) is 4.90 Å². The van der Waals surface area contributed by atoms with Crippen molar-refractivity contribution in [1.29, 1.82) is 0 Å². The van der Waals surface area contributed by atoms with Crippen molar-refractivity contribution >= 4 is 11.9 Å². The molecule has 0 unspecified atom stereocenters. The molecule has 0 radical (unpaired) electrons. The van der Waals surface area contributed by atoms with Gasteiger partial charge in [0.1, 0.15) is 5.60 Å². The van der Waals surface area contributed by atoms with E-state index < -0.39 is 17.4 Å². The van der Waals surface area contributed by atoms with E-state index in [1.54, 1.807) is 6.07 Å². The lowest BCUT2D eigenvalue weighted by Gasteiger charge is -2.41. The molecule has 1 amide bonds. The zero-order chi connectivity index (χ0) is 24.3. The molecule has 1 N–H and O–H groups in total. The van der Waals surface area contributed by atoms with Gasteiger partial charge in [0.2, 0.25) is 0 Å². The molecule has 0 bridgehead atoms. The number of carbonyl (C=O) groups is 2. The zero-order valence-corrected chi connectivity index (χ0v) is 18.8. The van der Waals surface area contributed by atoms with Gasteiger partial charge in [0.25, 0.3) is 5.91 Å². The molecule has 5 nitrogen and oxygen atoms in total. The Morgan fingerprint density at radius 2 is 1.59 bits per heavy atom. The molecule has 180 valence electrons. The Balaban J connectivity index is 1.33. The predicted octanol–water partition coefficient (Wildman–Crippen LogP) is 5.07. The molecule has 5 rings (SSSR count). The number of rotatable bonds is 4. The standard InChI is InChI=1S/C26H26F3NO4/c1-24(33,26(27,28)29)17-8-6-16(7-9-17)22(31)30(18-10-11-18)19-12-14-25(15-13-19)21-5-3-2-4-20(21)23(32)34-25/h2-9,18-19,33H,10-15H2,1H3/t19?,24-,25?/m0/s1. The van der Waals surface area contributed by atoms with E-state index in [1.165, 1.54) is 12.1 Å². The van der Waals surface area contributed by atoms with Crippen LogP contribution in [0.15, 0.2) is 48.5 Å². The fourth-order valence-electron chi connectivity index (χ4n) is 5.30. The van der Waals surface area contributed by atoms with Crippen LogP contribution in [0.2, 0.25) is 0 Å². The summed E-state index contributed by atoms with van der Waals surface area (Å²) in [5, 5.41) is 9.90. The van der Waals surface area contributed by atoms with Gasteiger partial charge in [-0.1, -0.05) is 30.3 Å². The average molecular weight is 473 g/mol. The molecule has 8 heteroatoms. The highest BCUT2D eigenvalue weighted by atomic mass is 19.4. The Morgan fingerprint density at radius 3 is 2.18 bits per heavy atom. The number of carbonyl (C=O) groups excluding carboxylic acids is 2. The van der Waals surface area contributed by atoms with Crippen molar-refractivity contribution in [3.05, 3.63) is 70.8 Å². The van der Waals surface area contributed by atoms with Crippen LogP contribution < -0.4 is 0 Å². The molecule has 0 saturated heterocycles. The second-order valence-corrected chi connectivity index (χ2v) is 9.75. The van der Waals surface area contributed by atoms with Crippen LogP contribution in [0.25, 0.3) is 0 Å². The summed E-state index contributed by atoms with van der Waals surface area (Å²) in [6.45, 7) is 0.701. The van der Waals surface area contributed by atoms with Crippen molar-refractivity contribution in [3.8, 4) is 0 Å². The molecule has 3 aliphatic rings. The summed E-state index contributed by atoms with van der Waals surface area (Å²) in [7, 11) is 0. The van der Waals surface area contributed by atoms with Gasteiger partial charge in [-0.05, 0) is 69.2 Å². The molecule has 2 aliphatic carbocycles. The van der Waals surface area contributed by atoms with E-state index >= 15 is 0 Å². The minimum atomic E-state index is -4.82. The van der Waals surface area contributed by atoms with Gasteiger partial charge in [0, 0.05) is 23.2 Å². The van der Waals surface area contributed by atoms with Gasteiger partial charge < -0.3 is 14.7 Å². The minimum absolute atomic E-state index is 0.0324. The number of aliphatic hydroxyl groups is 1. The number of hydrogen-bond acceptors (Lipinski definition) is 4. The number of nitrogens with zero attached hydrogens (tertiary/aromatic N) is 1. The molecule has 2 fully saturated rings. The first-order valence-electron chi connectivity index (χ1n) is 11.6. The highest BCUT2D eigenvalue weighted by molar-refractivity contribution is 5.95. The Bertz CT molecular complexity index is 1110. The van der Waals surface area contributed by atoms with Crippen LogP contribution in [0.4, 0.5) is 13.2 Å². The van der Waals surface area contributed by atoms with E-state index in [-0.39, 0.29) is 29.5 Å². The summed E-state index contributed by atoms with van der Waals surface area (Å²) in [5.74, 6) is -0.524. The molecule has 1 spiro atoms. The third-order valence-electron chi connectivity index (χ3n) is 7.50. The fraction of sp³-hybridized carbons (Fsp3) is 0.462. The topological polar surface area (TPSA) is 66.8 Å². The number of halogens is 3. The predicted molar refractivity (Wildman–Crippen MR) is 117 cm³/mol. The van der Waals surface area contributed by atoms with Crippen LogP contribution in [0, 0.1) is 0 Å². The molecule has 34 heavy (non-hydrogen) atoms. The quantitative estimate of drug-likeness (QED) is 0.630. The smallest absolute Gasteiger partial charge is 0.421 e. The van der Waals surface area contributed by atoms with E-state index in [1.807, 2.05) is 23.1 Å². The molecule has 2 saturated carbocycles. The summed E-state index contributed by atoms with van der Waals surface area (Å²) >= 11 is 0. The monoisotopic (exact) mass is 473 g/mol. The molecule has 2 aromatic rings. The van der Waals surface area contributed by atoms with E-state index in [4.69, 9.17) is 4.74 Å². The lowest BCUT2D eigenvalue weighted by Crippen LogP contribution is -2.46. The maximum absolute atomic E-state index is 13.4. The third-order valence-corrected chi connectivity index (χ3v) is 7.50. The lowest BCUT2D eigenvalue weighted by molar-refractivity contribution is -0.258. The number of hydrogen-bond donors (Lipinski definition) is 1. The summed E-state index contributed by atoms with van der Waals surface area (Å²) in [4.78, 5) is 27.6. The van der Waals surface area contributed by atoms with E-state index in [0.29, 0.717) is 43.7 Å². The van der Waals surface area contributed by atoms with Gasteiger partial charge in [-0.2, -0.15) is 13.2 Å². The van der Waals surface area contributed by atoms with Crippen molar-refractivity contribution < 1.29 is 32.6 Å². The molecule has 1 aliphatic heterocycles. The number of fused-ring (bicyclic) bond motifs is 2. The largest absolute Gasteiger partial charge is 0.451 e. The second-order valence-electron chi connectivity index (χ2n) is 9.75. The molecule has 1 heterocycles. The van der Waals surface area contributed by atoms with Crippen LogP contribution in [-0.4, -0.2) is 40.1 Å². The van der Waals surface area contributed by atoms with Gasteiger partial charge >= 0.3 is 12.1 Å². The number of benzene rings is 2. The normalized spacial score (nSPS) is 26.0. The average Bonchev–Trinajstić information content (AvgIpc) is 3.60. The number of esters is 1. The maximum atomic E-state index is 13.4. The Hall–Kier alpha value is -2.87. The molecule has 0 aromatic heterocycles. The Labute approximate surface area is 195 Å². The van der Waals surface area contributed by atoms with Crippen LogP contribution >= 0.6 is 0 Å². The van der Waals surface area contributed by atoms with Crippen molar-refractivity contribution in [3.63, 3.8) is 0 Å². The zero-order valence-electron chi connectivity index (χ0n) is 18.8. The first kappa shape index (κ1) is 22.9. The van der Waals surface area contributed by atoms with Gasteiger partial charge in [-0.15, -0.1) is 0 Å². The molecule has 2 aromatic carbocycles. The van der Waals surface area contributed by atoms with Crippen molar-refractivity contribution in [2.75, 3.05) is 0 Å². The van der Waals surface area contributed by atoms with Gasteiger partial charge in [0.15, 0.2) is 5.60 Å². The summed E-state index contributed by atoms with van der Waals surface area (Å²) < 4.78 is 45.3. The lowest BCUT2D eigenvalue weighted by atomic mass is 9.77. The van der Waals surface area contributed by atoms with Gasteiger partial charge in [-0.25, -0.2) is 4.79 Å². The van der Waals surface area contributed by atoms with E-state index in [0.717, 1.165) is 30.5 Å². The van der Waals surface area contributed by atoms with E-state index in [9.17, 15) is 27.9 Å². The number of alkyl halides is 3. The first-order valence-corrected chi connectivity index (χ1v) is 11.6. The highest BCUT2D eigenvalue weighted by Gasteiger charge is 2.52.